The van der Waals surface area contributed by atoms with Gasteiger partial charge in [-0.05, 0) is 37.3 Å². The molecule has 0 aromatic heterocycles. The van der Waals surface area contributed by atoms with Crippen molar-refractivity contribution in [3.63, 3.8) is 0 Å². The average Bonchev–Trinajstić information content (AvgIpc) is 2.15. The Morgan fingerprint density at radius 1 is 1.27 bits per heavy atom. The van der Waals surface area contributed by atoms with Crippen molar-refractivity contribution in [3.05, 3.63) is 29.8 Å². The van der Waals surface area contributed by atoms with E-state index < -0.39 is 21.0 Å². The summed E-state index contributed by atoms with van der Waals surface area (Å²) in [4.78, 5) is 0. The molecule has 0 spiro atoms. The summed E-state index contributed by atoms with van der Waals surface area (Å²) in [6.45, 7) is 5.82. The Kier molecular flexibility index (Phi) is 3.88. The van der Waals surface area contributed by atoms with Crippen LogP contribution in [0, 0.1) is 0 Å². The summed E-state index contributed by atoms with van der Waals surface area (Å²) in [6.07, 6.45) is 0. The van der Waals surface area contributed by atoms with Gasteiger partial charge in [0.05, 0.1) is 6.04 Å². The lowest BCUT2D eigenvalue weighted by molar-refractivity contribution is 0.437. The van der Waals surface area contributed by atoms with Gasteiger partial charge in [-0.25, -0.2) is 4.39 Å². The molecule has 0 heterocycles. The molecule has 84 valence electrons. The Bertz CT molecular complexity index is 307. The van der Waals surface area contributed by atoms with Gasteiger partial charge in [-0.3, -0.25) is 0 Å². The van der Waals surface area contributed by atoms with Crippen molar-refractivity contribution in [2.45, 2.75) is 25.7 Å². The molecule has 0 bridgehead atoms. The number of rotatable bonds is 4. The number of benzene rings is 1. The first-order chi connectivity index (χ1) is 6.92. The molecule has 0 unspecified atom stereocenters. The molecule has 0 aliphatic heterocycles. The van der Waals surface area contributed by atoms with E-state index in [1.54, 1.807) is 0 Å². The van der Waals surface area contributed by atoms with Crippen LogP contribution >= 0.6 is 0 Å². The molecule has 0 fully saturated rings. The van der Waals surface area contributed by atoms with Crippen molar-refractivity contribution in [3.8, 4) is 5.75 Å². The first-order valence-corrected chi connectivity index (χ1v) is 8.44. The lowest BCUT2D eigenvalue weighted by Crippen LogP contribution is -2.29. The quantitative estimate of drug-likeness (QED) is 0.803. The summed E-state index contributed by atoms with van der Waals surface area (Å²) in [5.41, 5.74) is 6.37. The molecule has 0 amide bonds. The molecule has 2 N–H and O–H groups in total. The second-order valence-electron chi connectivity index (χ2n) is 4.54. The van der Waals surface area contributed by atoms with Crippen LogP contribution in [0.15, 0.2) is 24.3 Å². The maximum absolute atomic E-state index is 12.3. The summed E-state index contributed by atoms with van der Waals surface area (Å²) >= 11 is 0. The fourth-order valence-corrected chi connectivity index (χ4v) is 2.07. The van der Waals surface area contributed by atoms with Gasteiger partial charge in [0.2, 0.25) is 8.32 Å². The summed E-state index contributed by atoms with van der Waals surface area (Å²) < 4.78 is 18.1. The van der Waals surface area contributed by atoms with E-state index in [1.165, 1.54) is 0 Å². The largest absolute Gasteiger partial charge is 0.544 e. The van der Waals surface area contributed by atoms with Gasteiger partial charge in [0.1, 0.15) is 12.4 Å². The van der Waals surface area contributed by atoms with Crippen LogP contribution in [-0.4, -0.2) is 15.0 Å². The zero-order valence-corrected chi connectivity index (χ0v) is 10.5. The van der Waals surface area contributed by atoms with Crippen molar-refractivity contribution in [1.82, 2.24) is 0 Å². The average molecular weight is 227 g/mol. The van der Waals surface area contributed by atoms with Crippen molar-refractivity contribution < 1.29 is 8.82 Å². The van der Waals surface area contributed by atoms with Crippen molar-refractivity contribution >= 4 is 8.32 Å². The highest BCUT2D eigenvalue weighted by molar-refractivity contribution is 6.70. The molecule has 1 aromatic rings. The Morgan fingerprint density at radius 3 is 2.20 bits per heavy atom. The summed E-state index contributed by atoms with van der Waals surface area (Å²) in [5, 5.41) is 0. The highest BCUT2D eigenvalue weighted by atomic mass is 28.4. The monoisotopic (exact) mass is 227 g/mol. The summed E-state index contributed by atoms with van der Waals surface area (Å²) in [5.74, 6) is 0.837. The highest BCUT2D eigenvalue weighted by Gasteiger charge is 2.16. The Labute approximate surface area is 91.4 Å². The van der Waals surface area contributed by atoms with Crippen LogP contribution in [0.1, 0.15) is 11.6 Å². The van der Waals surface area contributed by atoms with E-state index in [1.807, 2.05) is 24.3 Å². The molecule has 0 saturated heterocycles. The Morgan fingerprint density at radius 2 is 1.80 bits per heavy atom. The van der Waals surface area contributed by atoms with E-state index in [0.29, 0.717) is 0 Å². The van der Waals surface area contributed by atoms with Crippen molar-refractivity contribution in [2.75, 3.05) is 6.67 Å². The number of halogens is 1. The number of alkyl halides is 1. The van der Waals surface area contributed by atoms with Crippen LogP contribution in [0.25, 0.3) is 0 Å². The molecule has 0 aliphatic rings. The molecule has 1 aromatic carbocycles. The molecule has 15 heavy (non-hydrogen) atoms. The predicted octanol–water partition coefficient (Wildman–Crippen LogP) is 2.87. The normalized spacial score (nSPS) is 13.7. The molecule has 0 aliphatic carbocycles. The smallest absolute Gasteiger partial charge is 0.242 e. The van der Waals surface area contributed by atoms with E-state index >= 15 is 0 Å². The fourth-order valence-electron chi connectivity index (χ4n) is 1.23. The highest BCUT2D eigenvalue weighted by Crippen LogP contribution is 2.19. The standard InChI is InChI=1S/C11H18FNOSi/c1-15(2,3)14-10-6-4-9(5-7-10)11(13)8-12/h4-7,11H,8,13H2,1-3H3/t11-/m0/s1. The van der Waals surface area contributed by atoms with Gasteiger partial charge in [-0.2, -0.15) is 0 Å². The lowest BCUT2D eigenvalue weighted by Gasteiger charge is -2.19. The van der Waals surface area contributed by atoms with Crippen LogP contribution in [0.4, 0.5) is 4.39 Å². The van der Waals surface area contributed by atoms with E-state index in [9.17, 15) is 4.39 Å². The van der Waals surface area contributed by atoms with Crippen LogP contribution in [0.2, 0.25) is 19.6 Å². The number of hydrogen-bond donors (Lipinski definition) is 1. The van der Waals surface area contributed by atoms with Gasteiger partial charge >= 0.3 is 0 Å². The molecular weight excluding hydrogens is 209 g/mol. The second-order valence-corrected chi connectivity index (χ2v) is 8.97. The zero-order valence-electron chi connectivity index (χ0n) is 9.46. The lowest BCUT2D eigenvalue weighted by atomic mass is 10.1. The molecule has 0 radical (unpaired) electrons. The third-order valence-electron chi connectivity index (χ3n) is 1.90. The van der Waals surface area contributed by atoms with Crippen LogP contribution < -0.4 is 10.2 Å². The maximum Gasteiger partial charge on any atom is 0.242 e. The topological polar surface area (TPSA) is 35.2 Å². The van der Waals surface area contributed by atoms with E-state index in [4.69, 9.17) is 10.2 Å². The van der Waals surface area contributed by atoms with Gasteiger partial charge in [0, 0.05) is 0 Å². The molecule has 2 nitrogen and oxygen atoms in total. The molecule has 0 saturated carbocycles. The van der Waals surface area contributed by atoms with Crippen LogP contribution in [0.3, 0.4) is 0 Å². The fraction of sp³-hybridized carbons (Fsp3) is 0.455. The van der Waals surface area contributed by atoms with Crippen LogP contribution in [0.5, 0.6) is 5.75 Å². The Balaban J connectivity index is 2.72. The van der Waals surface area contributed by atoms with Gasteiger partial charge in [-0.1, -0.05) is 12.1 Å². The minimum Gasteiger partial charge on any atom is -0.544 e. The zero-order chi connectivity index (χ0) is 11.5. The molecule has 4 heteroatoms. The van der Waals surface area contributed by atoms with Gasteiger partial charge in [0.25, 0.3) is 0 Å². The number of nitrogens with two attached hydrogens (primary N) is 1. The predicted molar refractivity (Wildman–Crippen MR) is 63.3 cm³/mol. The van der Waals surface area contributed by atoms with E-state index in [-0.39, 0.29) is 0 Å². The van der Waals surface area contributed by atoms with Gasteiger partial charge < -0.3 is 10.2 Å². The van der Waals surface area contributed by atoms with Crippen molar-refractivity contribution in [2.24, 2.45) is 5.73 Å². The summed E-state index contributed by atoms with van der Waals surface area (Å²) in [6, 6.07) is 6.82. The molecular formula is C11H18FNOSi. The first-order valence-electron chi connectivity index (χ1n) is 5.03. The third kappa shape index (κ3) is 4.01. The van der Waals surface area contributed by atoms with E-state index in [2.05, 4.69) is 19.6 Å². The SMILES string of the molecule is C[Si](C)(C)Oc1ccc([C@@H](N)CF)cc1. The van der Waals surface area contributed by atoms with Gasteiger partial charge in [0.15, 0.2) is 0 Å². The first kappa shape index (κ1) is 12.2. The third-order valence-corrected chi connectivity index (χ3v) is 2.75. The number of hydrogen-bond acceptors (Lipinski definition) is 2. The van der Waals surface area contributed by atoms with Crippen LogP contribution in [-0.2, 0) is 0 Å². The van der Waals surface area contributed by atoms with E-state index in [0.717, 1.165) is 11.3 Å². The minimum atomic E-state index is -1.56. The van der Waals surface area contributed by atoms with Gasteiger partial charge in [-0.15, -0.1) is 0 Å². The Hall–Kier alpha value is -0.873. The minimum absolute atomic E-state index is 0.522. The molecule has 1 atom stereocenters. The second kappa shape index (κ2) is 4.77. The maximum atomic E-state index is 12.3. The summed E-state index contributed by atoms with van der Waals surface area (Å²) in [7, 11) is -1.56. The van der Waals surface area contributed by atoms with Crippen molar-refractivity contribution in [1.29, 1.82) is 0 Å². The molecule has 1 rings (SSSR count).